The van der Waals surface area contributed by atoms with Gasteiger partial charge in [-0.3, -0.25) is 4.79 Å². The van der Waals surface area contributed by atoms with Crippen LogP contribution in [0.1, 0.15) is 33.1 Å². The van der Waals surface area contributed by atoms with Gasteiger partial charge in [-0.25, -0.2) is 4.79 Å². The Kier molecular flexibility index (Phi) is 4.84. The normalized spacial score (nSPS) is 11.1. The van der Waals surface area contributed by atoms with E-state index in [2.05, 4.69) is 0 Å². The molecule has 6 heteroatoms. The summed E-state index contributed by atoms with van der Waals surface area (Å²) in [6.07, 6.45) is 1.64. The lowest BCUT2D eigenvalue weighted by Gasteiger charge is -2.09. The van der Waals surface area contributed by atoms with Crippen LogP contribution in [0.3, 0.4) is 0 Å². The summed E-state index contributed by atoms with van der Waals surface area (Å²) in [5.41, 5.74) is 3.33. The molecule has 3 aromatic heterocycles. The Bertz CT molecular complexity index is 1240. The first kappa shape index (κ1) is 18.8. The fourth-order valence-corrected chi connectivity index (χ4v) is 3.51. The van der Waals surface area contributed by atoms with Crippen LogP contribution in [0.15, 0.2) is 62.4 Å². The topological polar surface area (TPSA) is 74.6 Å². The van der Waals surface area contributed by atoms with Crippen molar-refractivity contribution in [3.63, 3.8) is 0 Å². The van der Waals surface area contributed by atoms with Crippen molar-refractivity contribution in [2.45, 2.75) is 27.3 Å². The molecule has 148 valence electrons. The first-order valence-corrected chi connectivity index (χ1v) is 9.32. The number of furan rings is 1. The molecule has 0 unspecified atom stereocenters. The van der Waals surface area contributed by atoms with E-state index in [1.165, 1.54) is 6.07 Å². The predicted molar refractivity (Wildman–Crippen MR) is 109 cm³/mol. The zero-order valence-corrected chi connectivity index (χ0v) is 16.5. The third kappa shape index (κ3) is 3.74. The van der Waals surface area contributed by atoms with Crippen molar-refractivity contribution in [2.75, 3.05) is 6.61 Å². The Balaban J connectivity index is 1.51. The molecule has 0 saturated carbocycles. The predicted octanol–water partition coefficient (Wildman–Crippen LogP) is 4.42. The van der Waals surface area contributed by atoms with Gasteiger partial charge < -0.3 is 18.1 Å². The first-order valence-electron chi connectivity index (χ1n) is 9.32. The van der Waals surface area contributed by atoms with Crippen LogP contribution in [0.4, 0.5) is 0 Å². The molecule has 0 aliphatic carbocycles. The number of rotatable bonds is 6. The molecule has 0 fully saturated rings. The molecule has 4 aromatic rings. The van der Waals surface area contributed by atoms with Gasteiger partial charge in [0, 0.05) is 34.5 Å². The second kappa shape index (κ2) is 7.47. The summed E-state index contributed by atoms with van der Waals surface area (Å²) in [4.78, 5) is 24.3. The zero-order valence-electron chi connectivity index (χ0n) is 16.5. The third-order valence-electron chi connectivity index (χ3n) is 5.06. The van der Waals surface area contributed by atoms with Gasteiger partial charge >= 0.3 is 5.63 Å². The van der Waals surface area contributed by atoms with Gasteiger partial charge in [-0.1, -0.05) is 0 Å². The molecule has 29 heavy (non-hydrogen) atoms. The highest BCUT2D eigenvalue weighted by Gasteiger charge is 2.17. The van der Waals surface area contributed by atoms with E-state index >= 15 is 0 Å². The van der Waals surface area contributed by atoms with Crippen molar-refractivity contribution in [3.8, 4) is 5.75 Å². The van der Waals surface area contributed by atoms with Crippen molar-refractivity contribution in [1.82, 2.24) is 4.57 Å². The molecule has 0 atom stereocenters. The molecule has 6 nitrogen and oxygen atoms in total. The average Bonchev–Trinajstić information content (AvgIpc) is 3.29. The lowest BCUT2D eigenvalue weighted by molar-refractivity contribution is 0.0920. The minimum atomic E-state index is -0.410. The summed E-state index contributed by atoms with van der Waals surface area (Å²) in [7, 11) is 0. The van der Waals surface area contributed by atoms with E-state index in [1.807, 2.05) is 49.6 Å². The first-order chi connectivity index (χ1) is 13.9. The van der Waals surface area contributed by atoms with E-state index in [0.29, 0.717) is 23.4 Å². The summed E-state index contributed by atoms with van der Waals surface area (Å²) in [5.74, 6) is 1.19. The van der Waals surface area contributed by atoms with Crippen molar-refractivity contribution in [3.05, 3.63) is 87.4 Å². The van der Waals surface area contributed by atoms with Crippen molar-refractivity contribution >= 4 is 16.8 Å². The molecule has 4 rings (SSSR count). The fourth-order valence-electron chi connectivity index (χ4n) is 3.51. The van der Waals surface area contributed by atoms with E-state index in [9.17, 15) is 9.59 Å². The van der Waals surface area contributed by atoms with Gasteiger partial charge in [0.15, 0.2) is 6.61 Å². The standard InChI is InChI=1S/C23H21NO5/c1-14-9-23(26)29-22-11-17(6-7-19(14)22)28-13-21(25)20-10-15(2)24(16(20)3)12-18-5-4-8-27-18/h4-11H,12-13H2,1-3H3. The lowest BCUT2D eigenvalue weighted by atomic mass is 10.1. The number of aromatic nitrogens is 1. The van der Waals surface area contributed by atoms with Crippen LogP contribution < -0.4 is 10.4 Å². The van der Waals surface area contributed by atoms with Crippen LogP contribution in [-0.4, -0.2) is 17.0 Å². The van der Waals surface area contributed by atoms with Gasteiger partial charge in [-0.15, -0.1) is 0 Å². The van der Waals surface area contributed by atoms with Crippen LogP contribution in [-0.2, 0) is 6.54 Å². The molecule has 1 aromatic carbocycles. The summed E-state index contributed by atoms with van der Waals surface area (Å²) in [5, 5.41) is 0.838. The molecule has 0 spiro atoms. The van der Waals surface area contributed by atoms with Gasteiger partial charge in [-0.2, -0.15) is 0 Å². The maximum absolute atomic E-state index is 12.7. The zero-order chi connectivity index (χ0) is 20.5. The minimum absolute atomic E-state index is 0.105. The molecular weight excluding hydrogens is 370 g/mol. The number of nitrogens with zero attached hydrogens (tertiary/aromatic N) is 1. The van der Waals surface area contributed by atoms with E-state index in [4.69, 9.17) is 13.6 Å². The molecular formula is C23H21NO5. The molecule has 0 aliphatic heterocycles. The second-order valence-electron chi connectivity index (χ2n) is 7.07. The van der Waals surface area contributed by atoms with Gasteiger partial charge in [0.2, 0.25) is 5.78 Å². The molecule has 0 saturated heterocycles. The molecule has 0 N–H and O–H groups in total. The number of carbonyl (C=O) groups is 1. The maximum atomic E-state index is 12.7. The fraction of sp³-hybridized carbons (Fsp3) is 0.217. The SMILES string of the molecule is Cc1cc(=O)oc2cc(OCC(=O)c3cc(C)n(Cc4ccco4)c3C)ccc12. The summed E-state index contributed by atoms with van der Waals surface area (Å²) in [6, 6.07) is 12.3. The van der Waals surface area contributed by atoms with E-state index in [-0.39, 0.29) is 12.4 Å². The monoisotopic (exact) mass is 391 g/mol. The second-order valence-corrected chi connectivity index (χ2v) is 7.07. The van der Waals surface area contributed by atoms with Crippen molar-refractivity contribution < 1.29 is 18.4 Å². The number of hydrogen-bond acceptors (Lipinski definition) is 5. The van der Waals surface area contributed by atoms with E-state index < -0.39 is 5.63 Å². The molecule has 0 amide bonds. The Hall–Kier alpha value is -3.54. The molecule has 0 radical (unpaired) electrons. The Morgan fingerprint density at radius 3 is 2.69 bits per heavy atom. The van der Waals surface area contributed by atoms with Crippen LogP contribution >= 0.6 is 0 Å². The number of ketones is 1. The van der Waals surface area contributed by atoms with Gasteiger partial charge in [-0.05, 0) is 56.7 Å². The number of hydrogen-bond donors (Lipinski definition) is 0. The highest BCUT2D eigenvalue weighted by Crippen LogP contribution is 2.23. The van der Waals surface area contributed by atoms with E-state index in [0.717, 1.165) is 28.1 Å². The van der Waals surface area contributed by atoms with Gasteiger partial charge in [0.25, 0.3) is 0 Å². The minimum Gasteiger partial charge on any atom is -0.485 e. The number of Topliss-reactive ketones (excluding diaryl/α,β-unsaturated/α-hetero) is 1. The van der Waals surface area contributed by atoms with Gasteiger partial charge in [0.05, 0.1) is 12.8 Å². The van der Waals surface area contributed by atoms with Gasteiger partial charge in [0.1, 0.15) is 17.1 Å². The molecule has 3 heterocycles. The third-order valence-corrected chi connectivity index (χ3v) is 5.06. The lowest BCUT2D eigenvalue weighted by Crippen LogP contribution is -2.13. The smallest absolute Gasteiger partial charge is 0.336 e. The van der Waals surface area contributed by atoms with Crippen molar-refractivity contribution in [2.24, 2.45) is 0 Å². The Labute approximate surface area is 167 Å². The summed E-state index contributed by atoms with van der Waals surface area (Å²) < 4.78 is 18.4. The molecule has 0 bridgehead atoms. The number of carbonyl (C=O) groups excluding carboxylic acids is 1. The number of fused-ring (bicyclic) bond motifs is 1. The molecule has 0 aliphatic rings. The summed E-state index contributed by atoms with van der Waals surface area (Å²) in [6.45, 7) is 6.19. The van der Waals surface area contributed by atoms with Crippen LogP contribution in [0.25, 0.3) is 11.0 Å². The largest absolute Gasteiger partial charge is 0.485 e. The quantitative estimate of drug-likeness (QED) is 0.359. The van der Waals surface area contributed by atoms with E-state index in [1.54, 1.807) is 18.4 Å². The van der Waals surface area contributed by atoms with Crippen LogP contribution in [0, 0.1) is 20.8 Å². The van der Waals surface area contributed by atoms with Crippen LogP contribution in [0.2, 0.25) is 0 Å². The maximum Gasteiger partial charge on any atom is 0.336 e. The van der Waals surface area contributed by atoms with Crippen molar-refractivity contribution in [1.29, 1.82) is 0 Å². The van der Waals surface area contributed by atoms with Crippen LogP contribution in [0.5, 0.6) is 5.75 Å². The highest BCUT2D eigenvalue weighted by molar-refractivity contribution is 5.98. The highest BCUT2D eigenvalue weighted by atomic mass is 16.5. The average molecular weight is 391 g/mol. The number of aryl methyl sites for hydroxylation is 2. The number of benzene rings is 1. The summed E-state index contributed by atoms with van der Waals surface area (Å²) >= 11 is 0. The number of ether oxygens (including phenoxy) is 1. The Morgan fingerprint density at radius 2 is 1.93 bits per heavy atom. The Morgan fingerprint density at radius 1 is 1.10 bits per heavy atom.